The van der Waals surface area contributed by atoms with Gasteiger partial charge in [0.1, 0.15) is 0 Å². The van der Waals surface area contributed by atoms with Gasteiger partial charge in [0.2, 0.25) is 0 Å². The Labute approximate surface area is 140 Å². The highest BCUT2D eigenvalue weighted by atomic mass is 29.6. The fraction of sp³-hybridized carbons (Fsp3) is 1.00. The third kappa shape index (κ3) is 3.95. The topological polar surface area (TPSA) is 0 Å². The molecule has 0 aromatic rings. The van der Waals surface area contributed by atoms with Gasteiger partial charge in [-0.3, -0.25) is 0 Å². The molecule has 0 amide bonds. The van der Waals surface area contributed by atoms with E-state index in [1.54, 1.807) is 0 Å². The molecule has 0 unspecified atom stereocenters. The maximum Gasteiger partial charge on any atom is 0.0465 e. The van der Waals surface area contributed by atoms with Gasteiger partial charge in [-0.05, 0) is 0 Å². The second kappa shape index (κ2) is 7.96. The molecule has 0 aliphatic rings. The normalized spacial score (nSPS) is 14.6. The second-order valence-electron chi connectivity index (χ2n) is 8.92. The van der Waals surface area contributed by atoms with E-state index in [1.807, 2.05) is 0 Å². The van der Waals surface area contributed by atoms with Crippen molar-refractivity contribution in [2.45, 2.75) is 116 Å². The van der Waals surface area contributed by atoms with Crippen molar-refractivity contribution in [2.24, 2.45) is 0 Å². The highest BCUT2D eigenvalue weighted by molar-refractivity contribution is 7.55. The van der Waals surface area contributed by atoms with Gasteiger partial charge in [0.25, 0.3) is 0 Å². The third-order valence-electron chi connectivity index (χ3n) is 6.17. The fourth-order valence-electron chi connectivity index (χ4n) is 5.24. The van der Waals surface area contributed by atoms with Crippen LogP contribution in [0.25, 0.3) is 0 Å². The standard InChI is InChI=1S/C18H42Si3/c1-13(2)20(14(3)4,15(5)6)19-21(16(7)8,17(9)10)18(11)12/h13-18H,1-12H3. The van der Waals surface area contributed by atoms with Crippen molar-refractivity contribution in [3.63, 3.8) is 0 Å². The maximum absolute atomic E-state index is 2.54. The predicted molar refractivity (Wildman–Crippen MR) is 108 cm³/mol. The molecule has 0 aromatic carbocycles. The van der Waals surface area contributed by atoms with Crippen LogP contribution in [0.1, 0.15) is 83.1 Å². The minimum atomic E-state index is -1.26. The van der Waals surface area contributed by atoms with E-state index in [2.05, 4.69) is 83.1 Å². The van der Waals surface area contributed by atoms with E-state index in [0.717, 1.165) is 33.2 Å². The van der Waals surface area contributed by atoms with Gasteiger partial charge in [0.05, 0.1) is 0 Å². The lowest BCUT2D eigenvalue weighted by molar-refractivity contribution is 0.833. The Morgan fingerprint density at radius 3 is 0.619 bits per heavy atom. The highest BCUT2D eigenvalue weighted by Gasteiger charge is 2.53. The summed E-state index contributed by atoms with van der Waals surface area (Å²) >= 11 is 0. The van der Waals surface area contributed by atoms with Gasteiger partial charge in [-0.2, -0.15) is 0 Å². The Bertz CT molecular complexity index is 230. The summed E-state index contributed by atoms with van der Waals surface area (Å²) in [7, 11) is -1.21. The minimum Gasteiger partial charge on any atom is -0.0654 e. The largest absolute Gasteiger partial charge is 0.0654 e. The second-order valence-corrected chi connectivity index (χ2v) is 28.0. The van der Waals surface area contributed by atoms with Crippen LogP contribution >= 0.6 is 0 Å². The molecule has 2 radical (unpaired) electrons. The van der Waals surface area contributed by atoms with Crippen molar-refractivity contribution >= 4 is 23.7 Å². The van der Waals surface area contributed by atoms with Crippen LogP contribution in [0.3, 0.4) is 0 Å². The summed E-state index contributed by atoms with van der Waals surface area (Å²) in [6, 6.07) is 0. The molecule has 0 bridgehead atoms. The molecular formula is C18H42Si3. The average Bonchev–Trinajstić information content (AvgIpc) is 2.26. The zero-order valence-corrected chi connectivity index (χ0v) is 20.0. The zero-order chi connectivity index (χ0) is 17.2. The van der Waals surface area contributed by atoms with E-state index >= 15 is 0 Å². The molecule has 0 aliphatic heterocycles. The molecule has 0 saturated heterocycles. The Morgan fingerprint density at radius 2 is 0.524 bits per heavy atom. The van der Waals surface area contributed by atoms with Crippen molar-refractivity contribution in [1.29, 1.82) is 0 Å². The van der Waals surface area contributed by atoms with E-state index in [-0.39, 0.29) is 0 Å². The van der Waals surface area contributed by atoms with Crippen LogP contribution in [-0.4, -0.2) is 23.7 Å². The Balaban J connectivity index is 6.06. The summed E-state index contributed by atoms with van der Waals surface area (Å²) in [5.74, 6) is 0. The quantitative estimate of drug-likeness (QED) is 0.415. The van der Waals surface area contributed by atoms with Gasteiger partial charge >= 0.3 is 0 Å². The predicted octanol–water partition coefficient (Wildman–Crippen LogP) is 7.04. The van der Waals surface area contributed by atoms with Crippen LogP contribution in [0.2, 0.25) is 33.2 Å². The summed E-state index contributed by atoms with van der Waals surface area (Å²) in [6.45, 7) is 30.5. The average molecular weight is 343 g/mol. The van der Waals surface area contributed by atoms with Gasteiger partial charge in [0.15, 0.2) is 0 Å². The summed E-state index contributed by atoms with van der Waals surface area (Å²) in [5.41, 5.74) is 5.49. The first-order valence-corrected chi connectivity index (χ1v) is 16.6. The molecule has 0 spiro atoms. The third-order valence-corrected chi connectivity index (χ3v) is 39.3. The van der Waals surface area contributed by atoms with Gasteiger partial charge < -0.3 is 0 Å². The molecular weight excluding hydrogens is 300 g/mol. The lowest BCUT2D eigenvalue weighted by atomic mass is 10.5. The van der Waals surface area contributed by atoms with Crippen molar-refractivity contribution in [1.82, 2.24) is 0 Å². The number of hydrogen-bond acceptors (Lipinski definition) is 0. The maximum atomic E-state index is 2.54. The summed E-state index contributed by atoms with van der Waals surface area (Å²) in [6.07, 6.45) is 0. The van der Waals surface area contributed by atoms with E-state index in [4.69, 9.17) is 0 Å². The summed E-state index contributed by atoms with van der Waals surface area (Å²) in [5, 5.41) is 0. The minimum absolute atomic E-state index is 0.916. The first kappa shape index (κ1) is 21.7. The van der Waals surface area contributed by atoms with Gasteiger partial charge in [-0.25, -0.2) is 0 Å². The van der Waals surface area contributed by atoms with Gasteiger partial charge in [-0.1, -0.05) is 116 Å². The molecule has 0 fully saturated rings. The SMILES string of the molecule is CC(C)[Si]([Si][Si](C(C)C)(C(C)C)C(C)C)(C(C)C)C(C)C. The number of hydrogen-bond donors (Lipinski definition) is 0. The Kier molecular flexibility index (Phi) is 8.21. The van der Waals surface area contributed by atoms with Crippen molar-refractivity contribution < 1.29 is 0 Å². The molecule has 0 atom stereocenters. The van der Waals surface area contributed by atoms with Crippen LogP contribution in [0.5, 0.6) is 0 Å². The van der Waals surface area contributed by atoms with Crippen LogP contribution < -0.4 is 0 Å². The Morgan fingerprint density at radius 1 is 0.381 bits per heavy atom. The molecule has 0 aromatic heterocycles. The zero-order valence-electron chi connectivity index (χ0n) is 17.0. The summed E-state index contributed by atoms with van der Waals surface area (Å²) < 4.78 is 0. The lowest BCUT2D eigenvalue weighted by Crippen LogP contribution is -2.65. The Hall–Kier alpha value is 0.651. The van der Waals surface area contributed by atoms with Crippen LogP contribution in [0.15, 0.2) is 0 Å². The number of rotatable bonds is 8. The van der Waals surface area contributed by atoms with Gasteiger partial charge in [-0.15, -0.1) is 0 Å². The van der Waals surface area contributed by atoms with E-state index in [1.165, 1.54) is 8.55 Å². The van der Waals surface area contributed by atoms with Crippen LogP contribution in [0.4, 0.5) is 0 Å². The smallest absolute Gasteiger partial charge is 0.0465 e. The van der Waals surface area contributed by atoms with Crippen molar-refractivity contribution in [3.8, 4) is 0 Å². The molecule has 21 heavy (non-hydrogen) atoms. The molecule has 0 saturated carbocycles. The fourth-order valence-corrected chi connectivity index (χ4v) is 45.5. The molecule has 0 N–H and O–H groups in total. The van der Waals surface area contributed by atoms with Crippen molar-refractivity contribution in [2.75, 3.05) is 0 Å². The molecule has 3 heteroatoms. The van der Waals surface area contributed by atoms with Crippen LogP contribution in [0, 0.1) is 0 Å². The first-order chi connectivity index (χ1) is 9.37. The van der Waals surface area contributed by atoms with Crippen molar-refractivity contribution in [3.05, 3.63) is 0 Å². The summed E-state index contributed by atoms with van der Waals surface area (Å²) in [4.78, 5) is 0. The molecule has 126 valence electrons. The van der Waals surface area contributed by atoms with Crippen LogP contribution in [-0.2, 0) is 0 Å². The monoisotopic (exact) mass is 342 g/mol. The first-order valence-electron chi connectivity index (χ1n) is 9.16. The molecule has 0 heterocycles. The van der Waals surface area contributed by atoms with E-state index < -0.39 is 15.2 Å². The highest BCUT2D eigenvalue weighted by Crippen LogP contribution is 2.48. The molecule has 0 nitrogen and oxygen atoms in total. The molecule has 0 rings (SSSR count). The van der Waals surface area contributed by atoms with Gasteiger partial charge in [0, 0.05) is 23.7 Å². The molecule has 0 aliphatic carbocycles. The van der Waals surface area contributed by atoms with E-state index in [0.29, 0.717) is 0 Å². The van der Waals surface area contributed by atoms with E-state index in [9.17, 15) is 0 Å². The lowest BCUT2D eigenvalue weighted by Gasteiger charge is -2.53.